The van der Waals surface area contributed by atoms with E-state index in [-0.39, 0.29) is 17.9 Å². The minimum atomic E-state index is -1.19. The summed E-state index contributed by atoms with van der Waals surface area (Å²) in [5, 5.41) is 2.85. The molecule has 3 rings (SSSR count). The Morgan fingerprint density at radius 1 is 1.15 bits per heavy atom. The number of fused-ring (bicyclic) bond motifs is 1. The zero-order valence-corrected chi connectivity index (χ0v) is 16.3. The topological polar surface area (TPSA) is 58.6 Å². The van der Waals surface area contributed by atoms with Crippen molar-refractivity contribution in [3.8, 4) is 5.75 Å². The van der Waals surface area contributed by atoms with Crippen LogP contribution in [0.3, 0.4) is 0 Å². The summed E-state index contributed by atoms with van der Waals surface area (Å²) in [7, 11) is 0. The smallest absolute Gasteiger partial charge is 0.242 e. The zero-order valence-electron chi connectivity index (χ0n) is 16.3. The standard InChI is InChI=1S/C22H26N2O3/c1-5-27-18-12-10-17(11-13-18)23-20(25)22(3,4)21(26)24-15(2)14-16-8-6-7-9-19(16)24/h6-13,15H,5,14H2,1-4H3,(H,23,25). The minimum absolute atomic E-state index is 0.0347. The Bertz CT molecular complexity index is 843. The highest BCUT2D eigenvalue weighted by molar-refractivity contribution is 6.15. The number of ether oxygens (including phenoxy) is 1. The van der Waals surface area contributed by atoms with Crippen molar-refractivity contribution in [3.05, 3.63) is 54.1 Å². The monoisotopic (exact) mass is 366 g/mol. The fraction of sp³-hybridized carbons (Fsp3) is 0.364. The maximum absolute atomic E-state index is 13.3. The molecule has 1 atom stereocenters. The summed E-state index contributed by atoms with van der Waals surface area (Å²) >= 11 is 0. The molecule has 0 saturated heterocycles. The number of anilines is 2. The van der Waals surface area contributed by atoms with Crippen molar-refractivity contribution in [2.24, 2.45) is 5.41 Å². The molecular formula is C22H26N2O3. The van der Waals surface area contributed by atoms with Crippen molar-refractivity contribution in [3.63, 3.8) is 0 Å². The van der Waals surface area contributed by atoms with Crippen LogP contribution in [0, 0.1) is 5.41 Å². The van der Waals surface area contributed by atoms with Crippen LogP contribution in [0.25, 0.3) is 0 Å². The highest BCUT2D eigenvalue weighted by Crippen LogP contribution is 2.35. The Labute approximate surface area is 160 Å². The van der Waals surface area contributed by atoms with Crippen molar-refractivity contribution in [2.75, 3.05) is 16.8 Å². The molecule has 5 nitrogen and oxygen atoms in total. The van der Waals surface area contributed by atoms with Crippen molar-refractivity contribution < 1.29 is 14.3 Å². The molecule has 2 amide bonds. The lowest BCUT2D eigenvalue weighted by Gasteiger charge is -2.31. The number of rotatable bonds is 5. The predicted octanol–water partition coefficient (Wildman–Crippen LogP) is 4.03. The van der Waals surface area contributed by atoms with E-state index in [0.29, 0.717) is 12.3 Å². The van der Waals surface area contributed by atoms with Gasteiger partial charge < -0.3 is 15.0 Å². The van der Waals surface area contributed by atoms with Gasteiger partial charge in [0.05, 0.1) is 6.61 Å². The predicted molar refractivity (Wildman–Crippen MR) is 107 cm³/mol. The number of carbonyl (C=O) groups is 2. The first-order valence-corrected chi connectivity index (χ1v) is 9.30. The first-order chi connectivity index (χ1) is 12.8. The minimum Gasteiger partial charge on any atom is -0.494 e. The number of hydrogen-bond donors (Lipinski definition) is 1. The molecule has 142 valence electrons. The summed E-state index contributed by atoms with van der Waals surface area (Å²) in [6.07, 6.45) is 0.804. The molecule has 5 heteroatoms. The van der Waals surface area contributed by atoms with E-state index in [2.05, 4.69) is 5.32 Å². The Morgan fingerprint density at radius 2 is 1.81 bits per heavy atom. The first-order valence-electron chi connectivity index (χ1n) is 9.30. The highest BCUT2D eigenvalue weighted by Gasteiger charge is 2.43. The lowest BCUT2D eigenvalue weighted by molar-refractivity contribution is -0.136. The molecule has 1 aliphatic rings. The van der Waals surface area contributed by atoms with Gasteiger partial charge in [-0.15, -0.1) is 0 Å². The Morgan fingerprint density at radius 3 is 2.48 bits per heavy atom. The van der Waals surface area contributed by atoms with Crippen molar-refractivity contribution >= 4 is 23.2 Å². The van der Waals surface area contributed by atoms with Crippen molar-refractivity contribution in [1.82, 2.24) is 0 Å². The van der Waals surface area contributed by atoms with Gasteiger partial charge in [-0.05, 0) is 70.0 Å². The SMILES string of the molecule is CCOc1ccc(NC(=O)C(C)(C)C(=O)N2c3ccccc3CC2C)cc1. The number of nitrogens with zero attached hydrogens (tertiary/aromatic N) is 1. The quantitative estimate of drug-likeness (QED) is 0.813. The van der Waals surface area contributed by atoms with E-state index in [1.807, 2.05) is 38.1 Å². The van der Waals surface area contributed by atoms with Gasteiger partial charge in [-0.1, -0.05) is 18.2 Å². The van der Waals surface area contributed by atoms with Gasteiger partial charge in [0.2, 0.25) is 11.8 Å². The molecule has 0 radical (unpaired) electrons. The number of amides is 2. The zero-order chi connectivity index (χ0) is 19.6. The van der Waals surface area contributed by atoms with E-state index >= 15 is 0 Å². The van der Waals surface area contributed by atoms with Gasteiger partial charge >= 0.3 is 0 Å². The normalized spacial score (nSPS) is 16.0. The van der Waals surface area contributed by atoms with E-state index in [9.17, 15) is 9.59 Å². The van der Waals surface area contributed by atoms with Crippen LogP contribution in [-0.4, -0.2) is 24.5 Å². The molecule has 0 aromatic heterocycles. The number of nitrogens with one attached hydrogen (secondary N) is 1. The second-order valence-electron chi connectivity index (χ2n) is 7.39. The number of carbonyl (C=O) groups excluding carboxylic acids is 2. The van der Waals surface area contributed by atoms with Gasteiger partial charge in [-0.2, -0.15) is 0 Å². The summed E-state index contributed by atoms with van der Waals surface area (Å²) in [5.74, 6) is 0.227. The lowest BCUT2D eigenvalue weighted by atomic mass is 9.89. The molecule has 2 aromatic carbocycles. The molecule has 0 fully saturated rings. The fourth-order valence-electron chi connectivity index (χ4n) is 3.36. The van der Waals surface area contributed by atoms with Crippen LogP contribution in [0.4, 0.5) is 11.4 Å². The largest absolute Gasteiger partial charge is 0.494 e. The summed E-state index contributed by atoms with van der Waals surface area (Å²) in [4.78, 5) is 27.9. The Kier molecular flexibility index (Phi) is 5.22. The number of para-hydroxylation sites is 1. The first kappa shape index (κ1) is 19.0. The lowest BCUT2D eigenvalue weighted by Crippen LogP contribution is -2.49. The third kappa shape index (κ3) is 3.68. The maximum Gasteiger partial charge on any atom is 0.242 e. The summed E-state index contributed by atoms with van der Waals surface area (Å²) in [6.45, 7) is 7.86. The van der Waals surface area contributed by atoms with Gasteiger partial charge in [0.15, 0.2) is 0 Å². The van der Waals surface area contributed by atoms with E-state index in [1.165, 1.54) is 0 Å². The van der Waals surface area contributed by atoms with Crippen LogP contribution >= 0.6 is 0 Å². The molecule has 1 heterocycles. The van der Waals surface area contributed by atoms with E-state index < -0.39 is 5.41 Å². The molecule has 27 heavy (non-hydrogen) atoms. The van der Waals surface area contributed by atoms with Crippen molar-refractivity contribution in [1.29, 1.82) is 0 Å². The third-order valence-electron chi connectivity index (χ3n) is 4.95. The van der Waals surface area contributed by atoms with E-state index in [4.69, 9.17) is 4.74 Å². The molecule has 2 aromatic rings. The molecule has 0 bridgehead atoms. The molecule has 0 spiro atoms. The fourth-order valence-corrected chi connectivity index (χ4v) is 3.36. The Balaban J connectivity index is 1.76. The number of hydrogen-bond acceptors (Lipinski definition) is 3. The maximum atomic E-state index is 13.3. The molecule has 1 unspecified atom stereocenters. The van der Waals surface area contributed by atoms with Crippen LogP contribution < -0.4 is 15.0 Å². The van der Waals surface area contributed by atoms with Gasteiger partial charge in [-0.25, -0.2) is 0 Å². The molecule has 1 N–H and O–H groups in total. The average Bonchev–Trinajstić information content (AvgIpc) is 2.98. The van der Waals surface area contributed by atoms with Crippen LogP contribution in [0.15, 0.2) is 48.5 Å². The summed E-state index contributed by atoms with van der Waals surface area (Å²) < 4.78 is 5.41. The van der Waals surface area contributed by atoms with Crippen LogP contribution in [0.5, 0.6) is 5.75 Å². The van der Waals surface area contributed by atoms with Gasteiger partial charge in [0, 0.05) is 17.4 Å². The molecular weight excluding hydrogens is 340 g/mol. The van der Waals surface area contributed by atoms with Crippen LogP contribution in [0.2, 0.25) is 0 Å². The van der Waals surface area contributed by atoms with Gasteiger partial charge in [0.25, 0.3) is 0 Å². The van der Waals surface area contributed by atoms with Gasteiger partial charge in [-0.3, -0.25) is 9.59 Å². The number of benzene rings is 2. The molecule has 0 saturated carbocycles. The van der Waals surface area contributed by atoms with Crippen molar-refractivity contribution in [2.45, 2.75) is 40.2 Å². The van der Waals surface area contributed by atoms with Crippen LogP contribution in [0.1, 0.15) is 33.3 Å². The average molecular weight is 366 g/mol. The Hall–Kier alpha value is -2.82. The summed E-state index contributed by atoms with van der Waals surface area (Å²) in [5.41, 5.74) is 1.49. The highest BCUT2D eigenvalue weighted by atomic mass is 16.5. The van der Waals surface area contributed by atoms with E-state index in [0.717, 1.165) is 23.4 Å². The van der Waals surface area contributed by atoms with E-state index in [1.54, 1.807) is 43.0 Å². The second-order valence-corrected chi connectivity index (χ2v) is 7.39. The molecule has 1 aliphatic heterocycles. The van der Waals surface area contributed by atoms with Gasteiger partial charge in [0.1, 0.15) is 11.2 Å². The second kappa shape index (κ2) is 7.43. The summed E-state index contributed by atoms with van der Waals surface area (Å²) in [6, 6.07) is 15.1. The van der Waals surface area contributed by atoms with Crippen LogP contribution in [-0.2, 0) is 16.0 Å². The third-order valence-corrected chi connectivity index (χ3v) is 4.95. The molecule has 0 aliphatic carbocycles.